The Morgan fingerprint density at radius 3 is 0.934 bits per heavy atom. The third-order valence-corrected chi connectivity index (χ3v) is 13.2. The van der Waals surface area contributed by atoms with Crippen molar-refractivity contribution >= 4 is 43.6 Å². The molecule has 12 rings (SSSR count). The molecule has 0 saturated heterocycles. The van der Waals surface area contributed by atoms with Gasteiger partial charge in [-0.3, -0.25) is 0 Å². The molecule has 0 aliphatic carbocycles. The van der Waals surface area contributed by atoms with Crippen LogP contribution in [0.2, 0.25) is 0 Å². The zero-order chi connectivity index (χ0) is 52.9. The average molecular weight is 1010 g/mol. The number of rotatable bonds is 7. The largest absolute Gasteiger partial charge is 0.416 e. The molecule has 0 atom stereocenters. The number of nitrogens with zero attached hydrogens (tertiary/aromatic N) is 15. The number of hydrogen-bond donors (Lipinski definition) is 0. The van der Waals surface area contributed by atoms with Gasteiger partial charge in [-0.25, -0.2) is 59.8 Å². The predicted octanol–water partition coefficient (Wildman–Crippen LogP) is 12.3. The molecule has 0 unspecified atom stereocenters. The summed E-state index contributed by atoms with van der Waals surface area (Å²) in [4.78, 5) is 55.4. The fourth-order valence-corrected chi connectivity index (χ4v) is 10.2. The summed E-state index contributed by atoms with van der Waals surface area (Å²) in [6.07, 6.45) is -4.65. The Kier molecular flexibility index (Phi) is 11.0. The minimum absolute atomic E-state index is 0.206. The van der Waals surface area contributed by atoms with Crippen LogP contribution in [0.4, 0.5) is 13.2 Å². The Morgan fingerprint density at radius 2 is 0.658 bits per heavy atom. The first-order valence-electron chi connectivity index (χ1n) is 24.2. The highest BCUT2D eigenvalue weighted by atomic mass is 19.4. The maximum absolute atomic E-state index is 14.7. The number of benzene rings is 6. The van der Waals surface area contributed by atoms with Crippen molar-refractivity contribution in [1.29, 1.82) is 5.26 Å². The van der Waals surface area contributed by atoms with Gasteiger partial charge in [-0.2, -0.15) is 18.4 Å². The number of aryl methyl sites for hydroxylation is 8. The molecule has 18 heteroatoms. The first-order chi connectivity index (χ1) is 36.5. The van der Waals surface area contributed by atoms with E-state index in [-0.39, 0.29) is 11.1 Å². The Bertz CT molecular complexity index is 3930. The lowest BCUT2D eigenvalue weighted by atomic mass is 9.98. The number of alkyl halides is 3. The molecule has 6 aromatic carbocycles. The van der Waals surface area contributed by atoms with Gasteiger partial charge in [-0.05, 0) is 115 Å². The molecule has 0 bridgehead atoms. The van der Waals surface area contributed by atoms with E-state index in [2.05, 4.69) is 26.0 Å². The van der Waals surface area contributed by atoms with Gasteiger partial charge in [0, 0.05) is 43.8 Å². The van der Waals surface area contributed by atoms with Crippen molar-refractivity contribution in [3.63, 3.8) is 0 Å². The summed E-state index contributed by atoms with van der Waals surface area (Å²) in [6.45, 7) is 14.4. The molecule has 12 aromatic rings. The fourth-order valence-electron chi connectivity index (χ4n) is 10.2. The highest BCUT2D eigenvalue weighted by molar-refractivity contribution is 6.13. The molecule has 0 amide bonds. The van der Waals surface area contributed by atoms with Crippen LogP contribution in [0.5, 0.6) is 0 Å². The molecule has 0 aliphatic heterocycles. The van der Waals surface area contributed by atoms with E-state index in [0.29, 0.717) is 131 Å². The smallest absolute Gasteiger partial charge is 0.308 e. The second kappa shape index (κ2) is 17.7. The van der Waals surface area contributed by atoms with E-state index in [1.807, 2.05) is 81.9 Å². The topological polar surface area (TPSA) is 188 Å². The van der Waals surface area contributed by atoms with E-state index in [1.54, 1.807) is 73.6 Å². The van der Waals surface area contributed by atoms with Crippen molar-refractivity contribution < 1.29 is 13.2 Å². The van der Waals surface area contributed by atoms with Crippen LogP contribution in [0, 0.1) is 66.7 Å². The van der Waals surface area contributed by atoms with Crippen molar-refractivity contribution in [2.75, 3.05) is 0 Å². The van der Waals surface area contributed by atoms with Crippen LogP contribution in [0.3, 0.4) is 0 Å². The number of halogens is 3. The molecule has 15 nitrogen and oxygen atoms in total. The zero-order valence-corrected chi connectivity index (χ0v) is 42.2. The van der Waals surface area contributed by atoms with E-state index in [9.17, 15) is 18.4 Å². The van der Waals surface area contributed by atoms with Crippen molar-refractivity contribution in [3.05, 3.63) is 167 Å². The lowest BCUT2D eigenvalue weighted by molar-refractivity contribution is -0.137. The molecular formula is C58H42F3N15. The van der Waals surface area contributed by atoms with Gasteiger partial charge in [0.15, 0.2) is 23.3 Å². The van der Waals surface area contributed by atoms with E-state index in [0.717, 1.165) is 33.7 Å². The molecule has 0 fully saturated rings. The third-order valence-electron chi connectivity index (χ3n) is 13.2. The monoisotopic (exact) mass is 1010 g/mol. The lowest BCUT2D eigenvalue weighted by Gasteiger charge is -2.19. The molecule has 0 N–H and O–H groups in total. The molecule has 0 saturated carbocycles. The van der Waals surface area contributed by atoms with Gasteiger partial charge in [0.1, 0.15) is 58.2 Å². The van der Waals surface area contributed by atoms with Gasteiger partial charge < -0.3 is 9.13 Å². The minimum atomic E-state index is -4.65. The molecular weight excluding hydrogens is 964 g/mol. The summed E-state index contributed by atoms with van der Waals surface area (Å²) in [6, 6.07) is 35.0. The summed E-state index contributed by atoms with van der Waals surface area (Å²) in [5, 5.41) is 15.2. The second-order valence-corrected chi connectivity index (χ2v) is 18.7. The maximum atomic E-state index is 14.7. The van der Waals surface area contributed by atoms with Crippen LogP contribution in [0.1, 0.15) is 57.7 Å². The van der Waals surface area contributed by atoms with Crippen molar-refractivity contribution in [1.82, 2.24) is 68.9 Å². The van der Waals surface area contributed by atoms with Crippen LogP contribution in [0.25, 0.3) is 112 Å². The van der Waals surface area contributed by atoms with E-state index < -0.39 is 11.7 Å². The Morgan fingerprint density at radius 1 is 0.355 bits per heavy atom. The van der Waals surface area contributed by atoms with Crippen LogP contribution < -0.4 is 0 Å². The highest BCUT2D eigenvalue weighted by Crippen LogP contribution is 2.43. The number of nitriles is 1. The Balaban J connectivity index is 1.25. The summed E-state index contributed by atoms with van der Waals surface area (Å²) in [5.41, 5.74) is 6.18. The van der Waals surface area contributed by atoms with Gasteiger partial charge in [0.25, 0.3) is 0 Å². The van der Waals surface area contributed by atoms with Gasteiger partial charge in [0.05, 0.1) is 39.0 Å². The zero-order valence-electron chi connectivity index (χ0n) is 42.2. The van der Waals surface area contributed by atoms with Gasteiger partial charge in [-0.1, -0.05) is 60.7 Å². The minimum Gasteiger partial charge on any atom is -0.308 e. The molecule has 6 aromatic heterocycles. The molecule has 0 aliphatic rings. The number of fused-ring (bicyclic) bond motifs is 6. The van der Waals surface area contributed by atoms with Crippen LogP contribution in [-0.4, -0.2) is 68.9 Å². The average Bonchev–Trinajstić information content (AvgIpc) is 3.93. The summed E-state index contributed by atoms with van der Waals surface area (Å²) in [5.74, 6) is 6.12. The molecule has 0 spiro atoms. The summed E-state index contributed by atoms with van der Waals surface area (Å²) < 4.78 is 48.1. The highest BCUT2D eigenvalue weighted by Gasteiger charge is 2.31. The SMILES string of the molecule is Cc1nc(C)nc(-c2ccc3c4ccc(-c5nc(C)nc(C)n5)cc4n(-c4cc(-c5cccc(C(F)(F)F)c5)cc(-n5c6cc(-c7nc(C)nc(C)n7)ccc6c6ccc(-c7nc(C)nc(C)n7)cc65)c4C#N)c3c2)n1. The molecule has 0 radical (unpaired) electrons. The quantitative estimate of drug-likeness (QED) is 0.147. The fraction of sp³-hybridized carbons (Fsp3) is 0.155. The number of aromatic nitrogens is 14. The predicted molar refractivity (Wildman–Crippen MR) is 283 cm³/mol. The first kappa shape index (κ1) is 47.3. The van der Waals surface area contributed by atoms with E-state index in [1.165, 1.54) is 6.07 Å². The van der Waals surface area contributed by atoms with Crippen LogP contribution >= 0.6 is 0 Å². The summed E-state index contributed by atoms with van der Waals surface area (Å²) in [7, 11) is 0. The van der Waals surface area contributed by atoms with Crippen molar-refractivity contribution in [2.45, 2.75) is 61.6 Å². The van der Waals surface area contributed by atoms with Crippen molar-refractivity contribution in [3.8, 4) is 74.1 Å². The molecule has 370 valence electrons. The van der Waals surface area contributed by atoms with Gasteiger partial charge >= 0.3 is 6.18 Å². The normalized spacial score (nSPS) is 11.9. The standard InChI is InChI=1S/C58H42F3N15/c1-28-63-29(2)68-54(67-28)37-12-16-43-44-17-13-38(55-69-30(3)64-31(4)70-55)22-49(44)75(48(43)21-37)52-25-41(36-10-9-11-42(20-36)58(59,60)61)26-53(47(52)27-62)76-50-23-39(56-71-32(5)65-33(6)72-56)14-18-45(50)46-19-15-40(24-51(46)76)57-73-34(7)66-35(8)74-57/h9-26H,1-8H3. The first-order valence-corrected chi connectivity index (χ1v) is 24.2. The molecule has 76 heavy (non-hydrogen) atoms. The maximum Gasteiger partial charge on any atom is 0.416 e. The van der Waals surface area contributed by atoms with E-state index >= 15 is 0 Å². The Hall–Kier alpha value is -9.76. The van der Waals surface area contributed by atoms with Gasteiger partial charge in [-0.15, -0.1) is 0 Å². The lowest BCUT2D eigenvalue weighted by Crippen LogP contribution is -2.07. The second-order valence-electron chi connectivity index (χ2n) is 18.7. The van der Waals surface area contributed by atoms with E-state index in [4.69, 9.17) is 39.9 Å². The molecule has 6 heterocycles. The van der Waals surface area contributed by atoms with Gasteiger partial charge in [0.2, 0.25) is 0 Å². The Labute approximate surface area is 432 Å². The summed E-state index contributed by atoms with van der Waals surface area (Å²) >= 11 is 0. The third kappa shape index (κ3) is 8.27. The van der Waals surface area contributed by atoms with Crippen LogP contribution in [-0.2, 0) is 6.18 Å². The van der Waals surface area contributed by atoms with Crippen LogP contribution in [0.15, 0.2) is 109 Å². The number of hydrogen-bond acceptors (Lipinski definition) is 13. The van der Waals surface area contributed by atoms with Crippen molar-refractivity contribution in [2.24, 2.45) is 0 Å².